The molecule has 98 valence electrons. The lowest BCUT2D eigenvalue weighted by Gasteiger charge is -2.02. The Balaban J connectivity index is 1.56. The van der Waals surface area contributed by atoms with Gasteiger partial charge in [-0.1, -0.05) is 22.9 Å². The van der Waals surface area contributed by atoms with E-state index in [1.165, 1.54) is 11.3 Å². The zero-order valence-corrected chi connectivity index (χ0v) is 11.7. The summed E-state index contributed by atoms with van der Waals surface area (Å²) in [6.07, 6.45) is 6.59. The van der Waals surface area contributed by atoms with E-state index >= 15 is 0 Å². The van der Waals surface area contributed by atoms with E-state index in [2.05, 4.69) is 24.8 Å². The Hall–Kier alpha value is -1.66. The molecule has 19 heavy (non-hydrogen) atoms. The number of rotatable bonds is 5. The van der Waals surface area contributed by atoms with Gasteiger partial charge in [0.2, 0.25) is 0 Å². The number of hydrogen-bond acceptors (Lipinski definition) is 5. The first-order valence-electron chi connectivity index (χ1n) is 5.94. The first kappa shape index (κ1) is 12.4. The van der Waals surface area contributed by atoms with Crippen LogP contribution in [0, 0.1) is 0 Å². The first-order chi connectivity index (χ1) is 9.31. The molecular formula is C12H12ClN5S. The van der Waals surface area contributed by atoms with Gasteiger partial charge in [0, 0.05) is 25.5 Å². The molecule has 1 N–H and O–H groups in total. The van der Waals surface area contributed by atoms with E-state index < -0.39 is 0 Å². The summed E-state index contributed by atoms with van der Waals surface area (Å²) in [7, 11) is 0. The quantitative estimate of drug-likeness (QED) is 0.580. The lowest BCUT2D eigenvalue weighted by Crippen LogP contribution is -2.05. The molecule has 0 bridgehead atoms. The molecule has 0 saturated heterocycles. The standard InChI is InChI=1S/C12H12ClN5S/c13-10-3-2-9-11(17-10)19-12(16-9)15-4-1-6-18-7-5-14-8-18/h2-3,5,7-8H,1,4,6H2,(H,15,16). The van der Waals surface area contributed by atoms with Crippen molar-refractivity contribution in [3.8, 4) is 0 Å². The number of nitrogens with zero attached hydrogens (tertiary/aromatic N) is 4. The van der Waals surface area contributed by atoms with Gasteiger partial charge in [-0.3, -0.25) is 0 Å². The maximum atomic E-state index is 5.85. The fourth-order valence-electron chi connectivity index (χ4n) is 1.75. The molecule has 0 aliphatic carbocycles. The van der Waals surface area contributed by atoms with Crippen molar-refractivity contribution in [3.63, 3.8) is 0 Å². The number of aryl methyl sites for hydroxylation is 1. The van der Waals surface area contributed by atoms with Crippen molar-refractivity contribution < 1.29 is 0 Å². The molecule has 0 aromatic carbocycles. The molecule has 7 heteroatoms. The van der Waals surface area contributed by atoms with Crippen LogP contribution in [-0.2, 0) is 6.54 Å². The highest BCUT2D eigenvalue weighted by molar-refractivity contribution is 7.21. The number of aromatic nitrogens is 4. The fourth-order valence-corrected chi connectivity index (χ4v) is 2.81. The highest BCUT2D eigenvalue weighted by Crippen LogP contribution is 2.25. The SMILES string of the molecule is Clc1ccc2nc(NCCCn3ccnc3)sc2n1. The molecule has 0 aliphatic rings. The van der Waals surface area contributed by atoms with Crippen molar-refractivity contribution in [2.45, 2.75) is 13.0 Å². The summed E-state index contributed by atoms with van der Waals surface area (Å²) in [4.78, 5) is 13.6. The van der Waals surface area contributed by atoms with E-state index in [0.29, 0.717) is 5.15 Å². The first-order valence-corrected chi connectivity index (χ1v) is 7.13. The van der Waals surface area contributed by atoms with Crippen LogP contribution in [0.5, 0.6) is 0 Å². The number of nitrogens with one attached hydrogen (secondary N) is 1. The van der Waals surface area contributed by atoms with E-state index in [9.17, 15) is 0 Å². The Kier molecular flexibility index (Phi) is 3.61. The molecule has 5 nitrogen and oxygen atoms in total. The van der Waals surface area contributed by atoms with Crippen molar-refractivity contribution >= 4 is 38.4 Å². The number of hydrogen-bond donors (Lipinski definition) is 1. The molecule has 0 spiro atoms. The van der Waals surface area contributed by atoms with Gasteiger partial charge in [-0.05, 0) is 18.6 Å². The number of halogens is 1. The van der Waals surface area contributed by atoms with Gasteiger partial charge in [0.05, 0.1) is 6.33 Å². The molecule has 0 atom stereocenters. The van der Waals surface area contributed by atoms with Gasteiger partial charge >= 0.3 is 0 Å². The van der Waals surface area contributed by atoms with Gasteiger partial charge in [-0.2, -0.15) is 0 Å². The molecule has 0 saturated carbocycles. The number of fused-ring (bicyclic) bond motifs is 1. The van der Waals surface area contributed by atoms with Gasteiger partial charge in [0.1, 0.15) is 15.5 Å². The maximum absolute atomic E-state index is 5.85. The monoisotopic (exact) mass is 293 g/mol. The van der Waals surface area contributed by atoms with E-state index in [1.807, 2.05) is 18.6 Å². The van der Waals surface area contributed by atoms with Crippen molar-refractivity contribution in [1.82, 2.24) is 19.5 Å². The predicted molar refractivity (Wildman–Crippen MR) is 77.8 cm³/mol. The molecule has 3 aromatic heterocycles. The van der Waals surface area contributed by atoms with Gasteiger partial charge in [0.25, 0.3) is 0 Å². The number of thiazole rings is 1. The second-order valence-electron chi connectivity index (χ2n) is 4.06. The zero-order chi connectivity index (χ0) is 13.1. The Morgan fingerprint density at radius 2 is 2.26 bits per heavy atom. The Bertz CT molecular complexity index is 664. The van der Waals surface area contributed by atoms with Gasteiger partial charge in [-0.25, -0.2) is 15.0 Å². The van der Waals surface area contributed by atoms with Crippen LogP contribution in [0.25, 0.3) is 10.3 Å². The van der Waals surface area contributed by atoms with Crippen molar-refractivity contribution in [2.75, 3.05) is 11.9 Å². The maximum Gasteiger partial charge on any atom is 0.185 e. The molecule has 3 aromatic rings. The normalized spacial score (nSPS) is 11.0. The van der Waals surface area contributed by atoms with Crippen LogP contribution in [0.4, 0.5) is 5.13 Å². The van der Waals surface area contributed by atoms with Crippen LogP contribution >= 0.6 is 22.9 Å². The molecule has 3 rings (SSSR count). The zero-order valence-electron chi connectivity index (χ0n) is 10.1. The van der Waals surface area contributed by atoms with Crippen molar-refractivity contribution in [3.05, 3.63) is 36.0 Å². The van der Waals surface area contributed by atoms with E-state index in [0.717, 1.165) is 35.0 Å². The highest BCUT2D eigenvalue weighted by atomic mass is 35.5. The number of imidazole rings is 1. The summed E-state index contributed by atoms with van der Waals surface area (Å²) in [5.41, 5.74) is 0.881. The van der Waals surface area contributed by atoms with E-state index in [1.54, 1.807) is 12.3 Å². The Morgan fingerprint density at radius 3 is 3.11 bits per heavy atom. The average Bonchev–Trinajstić information content (AvgIpc) is 3.02. The highest BCUT2D eigenvalue weighted by Gasteiger charge is 2.04. The molecule has 0 radical (unpaired) electrons. The van der Waals surface area contributed by atoms with E-state index in [4.69, 9.17) is 11.6 Å². The fraction of sp³-hybridized carbons (Fsp3) is 0.250. The second kappa shape index (κ2) is 5.54. The molecule has 0 amide bonds. The van der Waals surface area contributed by atoms with Crippen molar-refractivity contribution in [1.29, 1.82) is 0 Å². The van der Waals surface area contributed by atoms with Gasteiger partial charge in [-0.15, -0.1) is 0 Å². The third kappa shape index (κ3) is 3.02. The van der Waals surface area contributed by atoms with Crippen molar-refractivity contribution in [2.24, 2.45) is 0 Å². The molecule has 3 heterocycles. The lowest BCUT2D eigenvalue weighted by molar-refractivity contribution is 0.660. The second-order valence-corrected chi connectivity index (χ2v) is 5.42. The Morgan fingerprint density at radius 1 is 1.32 bits per heavy atom. The number of pyridine rings is 1. The summed E-state index contributed by atoms with van der Waals surface area (Å²) in [5.74, 6) is 0. The summed E-state index contributed by atoms with van der Waals surface area (Å²) >= 11 is 7.37. The van der Waals surface area contributed by atoms with Gasteiger partial charge < -0.3 is 9.88 Å². The van der Waals surface area contributed by atoms with Crippen LogP contribution < -0.4 is 5.32 Å². The Labute approximate surface area is 119 Å². The van der Waals surface area contributed by atoms with Crippen LogP contribution in [-0.4, -0.2) is 26.1 Å². The van der Waals surface area contributed by atoms with E-state index in [-0.39, 0.29) is 0 Å². The third-order valence-corrected chi connectivity index (χ3v) is 3.78. The lowest BCUT2D eigenvalue weighted by atomic mass is 10.4. The minimum absolute atomic E-state index is 0.503. The molecule has 0 fully saturated rings. The molecular weight excluding hydrogens is 282 g/mol. The average molecular weight is 294 g/mol. The summed E-state index contributed by atoms with van der Waals surface area (Å²) in [6, 6.07) is 3.64. The largest absolute Gasteiger partial charge is 0.361 e. The van der Waals surface area contributed by atoms with Gasteiger partial charge in [0.15, 0.2) is 5.13 Å². The minimum Gasteiger partial charge on any atom is -0.361 e. The van der Waals surface area contributed by atoms with Crippen LogP contribution in [0.3, 0.4) is 0 Å². The summed E-state index contributed by atoms with van der Waals surface area (Å²) in [5, 5.41) is 4.69. The summed E-state index contributed by atoms with van der Waals surface area (Å²) < 4.78 is 2.06. The van der Waals surface area contributed by atoms with Crippen LogP contribution in [0.2, 0.25) is 5.15 Å². The van der Waals surface area contributed by atoms with Crippen LogP contribution in [0.15, 0.2) is 30.9 Å². The third-order valence-electron chi connectivity index (χ3n) is 2.65. The molecule has 0 aliphatic heterocycles. The van der Waals surface area contributed by atoms with Crippen LogP contribution in [0.1, 0.15) is 6.42 Å². The minimum atomic E-state index is 0.503. The summed E-state index contributed by atoms with van der Waals surface area (Å²) in [6.45, 7) is 1.81. The molecule has 0 unspecified atom stereocenters. The smallest absolute Gasteiger partial charge is 0.185 e. The topological polar surface area (TPSA) is 55.6 Å². The predicted octanol–water partition coefficient (Wildman–Crippen LogP) is 3.04. The number of anilines is 1.